The van der Waals surface area contributed by atoms with Crippen LogP contribution in [0, 0.1) is 20.8 Å². The zero-order chi connectivity index (χ0) is 13.6. The van der Waals surface area contributed by atoms with Crippen LogP contribution < -0.4 is 4.57 Å². The highest BCUT2D eigenvalue weighted by Crippen LogP contribution is 2.27. The van der Waals surface area contributed by atoms with Gasteiger partial charge in [0.2, 0.25) is 5.69 Å². The Morgan fingerprint density at radius 1 is 1.05 bits per heavy atom. The summed E-state index contributed by atoms with van der Waals surface area (Å²) in [6.07, 6.45) is 6.30. The molecule has 0 aliphatic carbocycles. The molecule has 2 heteroatoms. The quantitative estimate of drug-likeness (QED) is 0.586. The van der Waals surface area contributed by atoms with Gasteiger partial charge in [-0.05, 0) is 50.1 Å². The predicted molar refractivity (Wildman–Crippen MR) is 78.2 cm³/mol. The van der Waals surface area contributed by atoms with Crippen LogP contribution in [0.25, 0.3) is 16.8 Å². The molecule has 3 aromatic rings. The van der Waals surface area contributed by atoms with Gasteiger partial charge in [-0.15, -0.1) is 0 Å². The molecule has 0 fully saturated rings. The van der Waals surface area contributed by atoms with Gasteiger partial charge in [0.15, 0.2) is 6.20 Å². The Bertz CT molecular complexity index is 766. The molecule has 0 atom stereocenters. The molecule has 2 nitrogen and oxygen atoms in total. The Labute approximate surface area is 113 Å². The van der Waals surface area contributed by atoms with Crippen LogP contribution in [0.15, 0.2) is 42.9 Å². The summed E-state index contributed by atoms with van der Waals surface area (Å²) in [6, 6.07) is 8.80. The number of nitrogens with zero attached hydrogens (tertiary/aromatic N) is 2. The lowest BCUT2D eigenvalue weighted by atomic mass is 9.97. The van der Waals surface area contributed by atoms with E-state index >= 15 is 0 Å². The molecule has 96 valence electrons. The third-order valence-electron chi connectivity index (χ3n) is 3.89. The van der Waals surface area contributed by atoms with E-state index in [1.54, 1.807) is 0 Å². The van der Waals surface area contributed by atoms with Crippen molar-refractivity contribution < 1.29 is 4.57 Å². The maximum atomic E-state index is 2.28. The minimum atomic E-state index is 1.25. The van der Waals surface area contributed by atoms with Crippen molar-refractivity contribution in [1.82, 2.24) is 4.40 Å². The topological polar surface area (TPSA) is 8.29 Å². The van der Waals surface area contributed by atoms with Crippen LogP contribution in [0.3, 0.4) is 0 Å². The van der Waals surface area contributed by atoms with E-state index < -0.39 is 0 Å². The van der Waals surface area contributed by atoms with Crippen molar-refractivity contribution in [2.24, 2.45) is 7.05 Å². The normalized spacial score (nSPS) is 11.2. The van der Waals surface area contributed by atoms with Gasteiger partial charge in [-0.25, -0.2) is 0 Å². The second-order valence-electron chi connectivity index (χ2n) is 5.31. The first-order chi connectivity index (χ1) is 9.08. The van der Waals surface area contributed by atoms with Gasteiger partial charge in [0.05, 0.1) is 11.8 Å². The Kier molecular flexibility index (Phi) is 2.67. The lowest BCUT2D eigenvalue weighted by molar-refractivity contribution is -0.659. The first-order valence-electron chi connectivity index (χ1n) is 6.61. The monoisotopic (exact) mass is 251 g/mol. The van der Waals surface area contributed by atoms with E-state index in [-0.39, 0.29) is 0 Å². The van der Waals surface area contributed by atoms with Crippen LogP contribution in [-0.2, 0) is 7.05 Å². The van der Waals surface area contributed by atoms with Crippen LogP contribution in [0.1, 0.15) is 16.7 Å². The van der Waals surface area contributed by atoms with Gasteiger partial charge in [-0.1, -0.05) is 11.6 Å². The summed E-state index contributed by atoms with van der Waals surface area (Å²) in [7, 11) is 2.11. The van der Waals surface area contributed by atoms with Crippen molar-refractivity contribution >= 4 is 5.52 Å². The Balaban J connectivity index is 2.42. The molecule has 19 heavy (non-hydrogen) atoms. The van der Waals surface area contributed by atoms with Gasteiger partial charge in [-0.2, -0.15) is 4.57 Å². The van der Waals surface area contributed by atoms with E-state index in [9.17, 15) is 0 Å². The fourth-order valence-electron chi connectivity index (χ4n) is 2.77. The van der Waals surface area contributed by atoms with Gasteiger partial charge < -0.3 is 4.40 Å². The zero-order valence-electron chi connectivity index (χ0n) is 11.9. The second-order valence-corrected chi connectivity index (χ2v) is 5.31. The molecule has 0 spiro atoms. The van der Waals surface area contributed by atoms with Gasteiger partial charge in [0.25, 0.3) is 0 Å². The number of hydrogen-bond acceptors (Lipinski definition) is 0. The minimum absolute atomic E-state index is 1.25. The fraction of sp³-hybridized carbons (Fsp3) is 0.235. The SMILES string of the molecule is Cc1cc(C)c(C)c(-c2c3cccn3cc[n+]2C)c1. The lowest BCUT2D eigenvalue weighted by Crippen LogP contribution is -2.31. The lowest BCUT2D eigenvalue weighted by Gasteiger charge is -2.10. The minimum Gasteiger partial charge on any atom is -0.312 e. The second kappa shape index (κ2) is 4.23. The van der Waals surface area contributed by atoms with Crippen molar-refractivity contribution in [2.75, 3.05) is 0 Å². The fourth-order valence-corrected chi connectivity index (χ4v) is 2.77. The summed E-state index contributed by atoms with van der Waals surface area (Å²) in [5, 5.41) is 0. The smallest absolute Gasteiger partial charge is 0.236 e. The number of fused-ring (bicyclic) bond motifs is 1. The summed E-state index contributed by atoms with van der Waals surface area (Å²) >= 11 is 0. The zero-order valence-corrected chi connectivity index (χ0v) is 11.9. The molecule has 3 rings (SSSR count). The van der Waals surface area contributed by atoms with E-state index in [4.69, 9.17) is 0 Å². The van der Waals surface area contributed by atoms with Crippen molar-refractivity contribution in [3.8, 4) is 11.3 Å². The molecular weight excluding hydrogens is 232 g/mol. The van der Waals surface area contributed by atoms with Crippen molar-refractivity contribution in [2.45, 2.75) is 20.8 Å². The molecule has 0 unspecified atom stereocenters. The summed E-state index contributed by atoms with van der Waals surface area (Å²) in [5.74, 6) is 0. The average molecular weight is 251 g/mol. The van der Waals surface area contributed by atoms with Crippen LogP contribution in [0.4, 0.5) is 0 Å². The average Bonchev–Trinajstić information content (AvgIpc) is 2.82. The van der Waals surface area contributed by atoms with Gasteiger partial charge in [0, 0.05) is 6.20 Å². The molecule has 0 saturated carbocycles. The molecular formula is C17H19N2+. The van der Waals surface area contributed by atoms with Crippen LogP contribution >= 0.6 is 0 Å². The highest BCUT2D eigenvalue weighted by molar-refractivity contribution is 5.77. The van der Waals surface area contributed by atoms with Crippen molar-refractivity contribution in [1.29, 1.82) is 0 Å². The molecule has 0 aliphatic heterocycles. The number of aromatic nitrogens is 2. The van der Waals surface area contributed by atoms with Crippen molar-refractivity contribution in [3.05, 3.63) is 59.5 Å². The first kappa shape index (κ1) is 12.0. The largest absolute Gasteiger partial charge is 0.312 e. The van der Waals surface area contributed by atoms with E-state index in [0.29, 0.717) is 0 Å². The maximum absolute atomic E-state index is 2.28. The molecule has 0 saturated heterocycles. The van der Waals surface area contributed by atoms with Gasteiger partial charge in [-0.3, -0.25) is 0 Å². The van der Waals surface area contributed by atoms with Gasteiger partial charge >= 0.3 is 0 Å². The van der Waals surface area contributed by atoms with E-state index in [2.05, 4.69) is 79.6 Å². The Hall–Kier alpha value is -2.09. The molecule has 2 heterocycles. The molecule has 0 amide bonds. The summed E-state index contributed by atoms with van der Waals surface area (Å²) in [6.45, 7) is 6.55. The number of benzene rings is 1. The number of rotatable bonds is 1. The summed E-state index contributed by atoms with van der Waals surface area (Å²) in [5.41, 5.74) is 7.87. The molecule has 1 aromatic carbocycles. The first-order valence-corrected chi connectivity index (χ1v) is 6.61. The van der Waals surface area contributed by atoms with Crippen LogP contribution in [-0.4, -0.2) is 4.40 Å². The Morgan fingerprint density at radius 2 is 1.84 bits per heavy atom. The molecule has 0 N–H and O–H groups in total. The van der Waals surface area contributed by atoms with Crippen LogP contribution in [0.2, 0.25) is 0 Å². The van der Waals surface area contributed by atoms with Crippen molar-refractivity contribution in [3.63, 3.8) is 0 Å². The third-order valence-corrected chi connectivity index (χ3v) is 3.89. The molecule has 0 radical (unpaired) electrons. The molecule has 2 aromatic heterocycles. The summed E-state index contributed by atoms with van der Waals surface area (Å²) in [4.78, 5) is 0. The van der Waals surface area contributed by atoms with E-state index in [0.717, 1.165) is 0 Å². The molecule has 0 aliphatic rings. The Morgan fingerprint density at radius 3 is 2.63 bits per heavy atom. The van der Waals surface area contributed by atoms with E-state index in [1.165, 1.54) is 33.5 Å². The third kappa shape index (κ3) is 1.84. The van der Waals surface area contributed by atoms with Crippen LogP contribution in [0.5, 0.6) is 0 Å². The number of aryl methyl sites for hydroxylation is 3. The number of hydrogen-bond donors (Lipinski definition) is 0. The van der Waals surface area contributed by atoms with E-state index in [1.807, 2.05) is 0 Å². The highest BCUT2D eigenvalue weighted by atomic mass is 15.0. The summed E-state index contributed by atoms with van der Waals surface area (Å²) < 4.78 is 4.38. The predicted octanol–water partition coefficient (Wildman–Crippen LogP) is 3.36. The van der Waals surface area contributed by atoms with Gasteiger partial charge in [0.1, 0.15) is 12.6 Å². The standard InChI is InChI=1S/C17H19N2/c1-12-10-13(2)14(3)15(11-12)17-16-6-5-7-19(16)9-8-18(17)4/h5-11H,1-4H3/q+1. The maximum Gasteiger partial charge on any atom is 0.236 e. The molecule has 0 bridgehead atoms. The highest BCUT2D eigenvalue weighted by Gasteiger charge is 2.18.